The minimum atomic E-state index is -0.302. The van der Waals surface area contributed by atoms with Crippen molar-refractivity contribution in [3.63, 3.8) is 0 Å². The Bertz CT molecular complexity index is 1010. The number of hydrogen-bond donors (Lipinski definition) is 1. The fourth-order valence-electron chi connectivity index (χ4n) is 3.94. The van der Waals surface area contributed by atoms with Gasteiger partial charge in [0.15, 0.2) is 0 Å². The van der Waals surface area contributed by atoms with E-state index in [0.717, 1.165) is 34.0 Å². The number of thioether (sulfide) groups is 1. The molecule has 1 aliphatic carbocycles. The van der Waals surface area contributed by atoms with Crippen molar-refractivity contribution in [1.82, 2.24) is 4.98 Å². The Morgan fingerprint density at radius 2 is 1.94 bits per heavy atom. The molecule has 1 atom stereocenters. The maximum Gasteiger partial charge on any atom is 0.228 e. The molecule has 1 aromatic heterocycles. The van der Waals surface area contributed by atoms with Gasteiger partial charge in [-0.05, 0) is 71.4 Å². The van der Waals surface area contributed by atoms with Gasteiger partial charge in [0.25, 0.3) is 0 Å². The van der Waals surface area contributed by atoms with Crippen molar-refractivity contribution in [3.8, 4) is 11.1 Å². The third kappa shape index (κ3) is 5.88. The highest BCUT2D eigenvalue weighted by atomic mass is 35.5. The van der Waals surface area contributed by atoms with Gasteiger partial charge in [0.2, 0.25) is 5.24 Å². The summed E-state index contributed by atoms with van der Waals surface area (Å²) in [6, 6.07) is 8.66. The lowest BCUT2D eigenvalue weighted by molar-refractivity contribution is -0.113. The smallest absolute Gasteiger partial charge is 0.228 e. The van der Waals surface area contributed by atoms with Crippen LogP contribution in [0.4, 0.5) is 0 Å². The summed E-state index contributed by atoms with van der Waals surface area (Å²) in [4.78, 5) is 17.8. The van der Waals surface area contributed by atoms with Gasteiger partial charge in [0.1, 0.15) is 0 Å². The molecule has 2 N–H and O–H groups in total. The number of allylic oxidation sites excluding steroid dienone is 4. The predicted octanol–water partition coefficient (Wildman–Crippen LogP) is 6.48. The maximum atomic E-state index is 11.6. The predicted molar refractivity (Wildman–Crippen MR) is 133 cm³/mol. The molecule has 0 saturated carbocycles. The topological polar surface area (TPSA) is 56.0 Å². The molecule has 1 heterocycles. The van der Waals surface area contributed by atoms with Gasteiger partial charge in [-0.2, -0.15) is 0 Å². The lowest BCUT2D eigenvalue weighted by Gasteiger charge is -2.22. The number of nitrogens with zero attached hydrogens (tertiary/aromatic N) is 1. The summed E-state index contributed by atoms with van der Waals surface area (Å²) < 4.78 is 0. The molecule has 0 bridgehead atoms. The third-order valence-electron chi connectivity index (χ3n) is 5.58. The summed E-state index contributed by atoms with van der Waals surface area (Å²) in [6.45, 7) is 9.08. The monoisotopic (exact) mass is 454 g/mol. The van der Waals surface area contributed by atoms with Crippen molar-refractivity contribution in [2.24, 2.45) is 17.6 Å². The fourth-order valence-corrected chi connectivity index (χ4v) is 5.25. The lowest BCUT2D eigenvalue weighted by atomic mass is 9.90. The third-order valence-corrected chi connectivity index (χ3v) is 6.96. The van der Waals surface area contributed by atoms with Crippen LogP contribution in [0.15, 0.2) is 47.4 Å². The first kappa shape index (κ1) is 23.8. The van der Waals surface area contributed by atoms with E-state index in [9.17, 15) is 4.79 Å². The Morgan fingerprint density at radius 3 is 2.55 bits per heavy atom. The van der Waals surface area contributed by atoms with E-state index < -0.39 is 0 Å². The minimum Gasteiger partial charge on any atom is -0.326 e. The fraction of sp³-hybridized carbons (Fsp3) is 0.385. The molecule has 5 heteroatoms. The van der Waals surface area contributed by atoms with Crippen LogP contribution in [0.25, 0.3) is 11.1 Å². The number of nitrogens with two attached hydrogens (primary N) is 1. The lowest BCUT2D eigenvalue weighted by Crippen LogP contribution is -2.13. The van der Waals surface area contributed by atoms with E-state index in [4.69, 9.17) is 22.3 Å². The highest BCUT2D eigenvalue weighted by Gasteiger charge is 2.21. The molecule has 3 rings (SSSR count). The van der Waals surface area contributed by atoms with Crippen LogP contribution in [-0.4, -0.2) is 10.2 Å². The average molecular weight is 455 g/mol. The van der Waals surface area contributed by atoms with E-state index in [-0.39, 0.29) is 11.2 Å². The number of pyridine rings is 1. The molecule has 0 amide bonds. The van der Waals surface area contributed by atoms with E-state index in [1.165, 1.54) is 22.3 Å². The molecule has 164 valence electrons. The second kappa shape index (κ2) is 10.6. The summed E-state index contributed by atoms with van der Waals surface area (Å²) in [6.07, 6.45) is 7.45. The summed E-state index contributed by atoms with van der Waals surface area (Å²) in [5.74, 6) is 1.05. The van der Waals surface area contributed by atoms with E-state index in [1.54, 1.807) is 11.8 Å². The van der Waals surface area contributed by atoms with E-state index >= 15 is 0 Å². The molecule has 0 spiro atoms. The molecule has 1 unspecified atom stereocenters. The highest BCUT2D eigenvalue weighted by Crippen LogP contribution is 2.38. The van der Waals surface area contributed by atoms with Crippen molar-refractivity contribution in [3.05, 3.63) is 75.5 Å². The number of aryl methyl sites for hydroxylation is 2. The van der Waals surface area contributed by atoms with Gasteiger partial charge in [-0.3, -0.25) is 9.78 Å². The van der Waals surface area contributed by atoms with Gasteiger partial charge < -0.3 is 5.73 Å². The van der Waals surface area contributed by atoms with Crippen LogP contribution in [-0.2, 0) is 23.5 Å². The molecule has 31 heavy (non-hydrogen) atoms. The molecule has 0 saturated heterocycles. The molecule has 3 nitrogen and oxygen atoms in total. The number of aromatic nitrogens is 1. The van der Waals surface area contributed by atoms with Gasteiger partial charge in [0.05, 0.1) is 5.92 Å². The molecule has 0 radical (unpaired) electrons. The van der Waals surface area contributed by atoms with Crippen LogP contribution < -0.4 is 5.73 Å². The molecule has 2 aromatic rings. The normalized spacial score (nSPS) is 16.0. The van der Waals surface area contributed by atoms with Gasteiger partial charge in [0, 0.05) is 23.7 Å². The van der Waals surface area contributed by atoms with Crippen molar-refractivity contribution in [2.75, 3.05) is 0 Å². The first-order valence-electron chi connectivity index (χ1n) is 10.8. The zero-order valence-electron chi connectivity index (χ0n) is 18.7. The number of halogens is 1. The standard InChI is InChI=1S/C26H31ClN2OS/c1-16(2)12-24-22(14-28)25(19-10-8-17(3)9-11-19)23(18(4)29-24)15-31-21-7-5-6-20(13-21)26(27)30/h5-11,16,20H,12-15,28H2,1-4H3. The van der Waals surface area contributed by atoms with Gasteiger partial charge >= 0.3 is 0 Å². The second-order valence-electron chi connectivity index (χ2n) is 8.57. The van der Waals surface area contributed by atoms with Crippen LogP contribution in [0.1, 0.15) is 48.3 Å². The molecule has 0 fully saturated rings. The minimum absolute atomic E-state index is 0.238. The van der Waals surface area contributed by atoms with Crippen LogP contribution >= 0.6 is 23.4 Å². The number of hydrogen-bond acceptors (Lipinski definition) is 4. The largest absolute Gasteiger partial charge is 0.326 e. The van der Waals surface area contributed by atoms with E-state index in [0.29, 0.717) is 18.9 Å². The average Bonchev–Trinajstić information content (AvgIpc) is 2.73. The molecular weight excluding hydrogens is 424 g/mol. The first-order chi connectivity index (χ1) is 14.8. The van der Waals surface area contributed by atoms with Crippen molar-refractivity contribution in [1.29, 1.82) is 0 Å². The van der Waals surface area contributed by atoms with Crippen molar-refractivity contribution in [2.45, 2.75) is 52.8 Å². The number of rotatable bonds is 8. The van der Waals surface area contributed by atoms with Crippen LogP contribution in [0, 0.1) is 25.7 Å². The Balaban J connectivity index is 2.02. The summed E-state index contributed by atoms with van der Waals surface area (Å²) >= 11 is 7.49. The van der Waals surface area contributed by atoms with E-state index in [1.807, 2.05) is 12.2 Å². The zero-order valence-corrected chi connectivity index (χ0v) is 20.3. The molecule has 0 aliphatic heterocycles. The first-order valence-corrected chi connectivity index (χ1v) is 12.1. The quantitative estimate of drug-likeness (QED) is 0.463. The number of carbonyl (C=O) groups is 1. The van der Waals surface area contributed by atoms with Crippen molar-refractivity contribution >= 4 is 28.6 Å². The van der Waals surface area contributed by atoms with E-state index in [2.05, 4.69) is 58.0 Å². The van der Waals surface area contributed by atoms with Gasteiger partial charge in [-0.1, -0.05) is 61.9 Å². The summed E-state index contributed by atoms with van der Waals surface area (Å²) in [5.41, 5.74) is 14.4. The van der Waals surface area contributed by atoms with Crippen LogP contribution in [0.5, 0.6) is 0 Å². The molecule has 1 aromatic carbocycles. The van der Waals surface area contributed by atoms with Crippen molar-refractivity contribution < 1.29 is 4.79 Å². The Kier molecular flexibility index (Phi) is 8.15. The SMILES string of the molecule is Cc1ccc(-c2c(CSC3=CC=CC(C(=O)Cl)C3)c(C)nc(CC(C)C)c2CN)cc1. The van der Waals surface area contributed by atoms with Gasteiger partial charge in [-0.15, -0.1) is 11.8 Å². The maximum absolute atomic E-state index is 11.6. The number of carbonyl (C=O) groups excluding carboxylic acids is 1. The molecule has 1 aliphatic rings. The molecular formula is C26H31ClN2OS. The summed E-state index contributed by atoms with van der Waals surface area (Å²) in [7, 11) is 0. The number of benzene rings is 1. The zero-order chi connectivity index (χ0) is 22.5. The Morgan fingerprint density at radius 1 is 1.23 bits per heavy atom. The van der Waals surface area contributed by atoms with Crippen LogP contribution in [0.3, 0.4) is 0 Å². The highest BCUT2D eigenvalue weighted by molar-refractivity contribution is 8.02. The Hall–Kier alpha value is -1.88. The van der Waals surface area contributed by atoms with Gasteiger partial charge in [-0.25, -0.2) is 0 Å². The summed E-state index contributed by atoms with van der Waals surface area (Å²) in [5, 5.41) is -0.302. The second-order valence-corrected chi connectivity index (χ2v) is 10.0. The Labute approximate surface area is 195 Å². The van der Waals surface area contributed by atoms with Crippen LogP contribution in [0.2, 0.25) is 0 Å².